The summed E-state index contributed by atoms with van der Waals surface area (Å²) in [5.74, 6) is 0.841. The second kappa shape index (κ2) is 7.13. The van der Waals surface area contributed by atoms with E-state index in [1.54, 1.807) is 6.92 Å². The molecule has 0 saturated carbocycles. The SMILES string of the molecule is C/C(Cc1ccc(OCCCS(C)(=O)=O)cc1)=N/O. The number of rotatable bonds is 7. The molecule has 0 radical (unpaired) electrons. The fraction of sp³-hybridized carbons (Fsp3) is 0.462. The first-order valence-electron chi connectivity index (χ1n) is 5.98. The molecule has 0 bridgehead atoms. The fourth-order valence-corrected chi connectivity index (χ4v) is 2.19. The van der Waals surface area contributed by atoms with Crippen LogP contribution in [0.25, 0.3) is 0 Å². The molecule has 0 heterocycles. The zero-order valence-corrected chi connectivity index (χ0v) is 12.0. The zero-order valence-electron chi connectivity index (χ0n) is 11.2. The predicted octanol–water partition coefficient (Wildman–Crippen LogP) is 1.89. The standard InChI is InChI=1S/C13H19NO4S/c1-11(14-15)10-12-4-6-13(7-5-12)18-8-3-9-19(2,16)17/h4-7,15H,3,8-10H2,1-2H3/b14-11-. The summed E-state index contributed by atoms with van der Waals surface area (Å²) in [5, 5.41) is 11.7. The summed E-state index contributed by atoms with van der Waals surface area (Å²) in [6.45, 7) is 2.12. The van der Waals surface area contributed by atoms with E-state index in [4.69, 9.17) is 9.94 Å². The molecule has 0 saturated heterocycles. The van der Waals surface area contributed by atoms with Crippen LogP contribution < -0.4 is 4.74 Å². The van der Waals surface area contributed by atoms with Gasteiger partial charge in [0.25, 0.3) is 0 Å². The Kier molecular flexibility index (Phi) is 5.82. The monoisotopic (exact) mass is 285 g/mol. The van der Waals surface area contributed by atoms with Gasteiger partial charge in [-0.15, -0.1) is 0 Å². The highest BCUT2D eigenvalue weighted by atomic mass is 32.2. The minimum Gasteiger partial charge on any atom is -0.494 e. The lowest BCUT2D eigenvalue weighted by molar-refractivity contribution is 0.317. The molecular formula is C13H19NO4S. The van der Waals surface area contributed by atoms with Crippen molar-refractivity contribution < 1.29 is 18.4 Å². The van der Waals surface area contributed by atoms with E-state index >= 15 is 0 Å². The van der Waals surface area contributed by atoms with Crippen molar-refractivity contribution in [3.05, 3.63) is 29.8 Å². The van der Waals surface area contributed by atoms with Crippen LogP contribution >= 0.6 is 0 Å². The molecule has 1 N–H and O–H groups in total. The van der Waals surface area contributed by atoms with E-state index in [1.807, 2.05) is 24.3 Å². The van der Waals surface area contributed by atoms with Crippen molar-refractivity contribution in [2.45, 2.75) is 19.8 Å². The Morgan fingerprint density at radius 1 is 1.32 bits per heavy atom. The van der Waals surface area contributed by atoms with E-state index in [-0.39, 0.29) is 5.75 Å². The molecule has 1 rings (SSSR count). The first-order chi connectivity index (χ1) is 8.90. The number of sulfone groups is 1. The van der Waals surface area contributed by atoms with Gasteiger partial charge in [-0.2, -0.15) is 0 Å². The molecule has 0 aliphatic heterocycles. The molecule has 0 aliphatic carbocycles. The van der Waals surface area contributed by atoms with Gasteiger partial charge in [0.1, 0.15) is 15.6 Å². The van der Waals surface area contributed by atoms with Crippen molar-refractivity contribution in [2.75, 3.05) is 18.6 Å². The van der Waals surface area contributed by atoms with Gasteiger partial charge in [0.05, 0.1) is 18.1 Å². The summed E-state index contributed by atoms with van der Waals surface area (Å²) in [6.07, 6.45) is 2.29. The zero-order chi connectivity index (χ0) is 14.3. The van der Waals surface area contributed by atoms with Crippen LogP contribution in [0.3, 0.4) is 0 Å². The maximum absolute atomic E-state index is 10.9. The highest BCUT2D eigenvalue weighted by Crippen LogP contribution is 2.13. The van der Waals surface area contributed by atoms with Crippen molar-refractivity contribution in [1.82, 2.24) is 0 Å². The third-order valence-corrected chi connectivity index (χ3v) is 3.51. The molecule has 0 spiro atoms. The quantitative estimate of drug-likeness (QED) is 0.359. The number of nitrogens with zero attached hydrogens (tertiary/aromatic N) is 1. The Balaban J connectivity index is 2.40. The van der Waals surface area contributed by atoms with Gasteiger partial charge in [-0.1, -0.05) is 17.3 Å². The van der Waals surface area contributed by atoms with Crippen molar-refractivity contribution >= 4 is 15.5 Å². The first-order valence-corrected chi connectivity index (χ1v) is 8.04. The van der Waals surface area contributed by atoms with Gasteiger partial charge in [0, 0.05) is 12.7 Å². The Labute approximate surface area is 113 Å². The molecule has 19 heavy (non-hydrogen) atoms. The Bertz CT molecular complexity index is 520. The van der Waals surface area contributed by atoms with Crippen LogP contribution in [0.5, 0.6) is 5.75 Å². The molecule has 1 aromatic rings. The van der Waals surface area contributed by atoms with E-state index in [2.05, 4.69) is 5.16 Å². The third-order valence-electron chi connectivity index (χ3n) is 2.48. The van der Waals surface area contributed by atoms with Crippen LogP contribution in [-0.2, 0) is 16.3 Å². The summed E-state index contributed by atoms with van der Waals surface area (Å²) < 4.78 is 27.3. The Morgan fingerprint density at radius 2 is 1.95 bits per heavy atom. The van der Waals surface area contributed by atoms with Crippen LogP contribution in [0, 0.1) is 0 Å². The summed E-state index contributed by atoms with van der Waals surface area (Å²) in [6, 6.07) is 7.42. The average Bonchev–Trinajstić information content (AvgIpc) is 2.35. The molecule has 0 amide bonds. The highest BCUT2D eigenvalue weighted by molar-refractivity contribution is 7.90. The third kappa shape index (κ3) is 6.81. The fourth-order valence-electron chi connectivity index (χ4n) is 1.55. The number of hydrogen-bond acceptors (Lipinski definition) is 5. The van der Waals surface area contributed by atoms with E-state index < -0.39 is 9.84 Å². The smallest absolute Gasteiger partial charge is 0.147 e. The van der Waals surface area contributed by atoms with Gasteiger partial charge in [0.2, 0.25) is 0 Å². The van der Waals surface area contributed by atoms with E-state index in [0.29, 0.717) is 30.9 Å². The number of benzene rings is 1. The maximum Gasteiger partial charge on any atom is 0.147 e. The van der Waals surface area contributed by atoms with Crippen molar-refractivity contribution in [3.63, 3.8) is 0 Å². The van der Waals surface area contributed by atoms with E-state index in [0.717, 1.165) is 5.56 Å². The minimum absolute atomic E-state index is 0.136. The lowest BCUT2D eigenvalue weighted by atomic mass is 10.1. The maximum atomic E-state index is 10.9. The minimum atomic E-state index is -2.92. The second-order valence-electron chi connectivity index (χ2n) is 4.49. The van der Waals surface area contributed by atoms with Gasteiger partial charge in [-0.3, -0.25) is 0 Å². The summed E-state index contributed by atoms with van der Waals surface area (Å²) in [5.41, 5.74) is 1.67. The molecule has 106 valence electrons. The lowest BCUT2D eigenvalue weighted by Gasteiger charge is -2.06. The van der Waals surface area contributed by atoms with Gasteiger partial charge < -0.3 is 9.94 Å². The molecule has 0 fully saturated rings. The van der Waals surface area contributed by atoms with Crippen LogP contribution in [0.4, 0.5) is 0 Å². The normalized spacial score (nSPS) is 12.4. The number of oxime groups is 1. The molecule has 5 nitrogen and oxygen atoms in total. The van der Waals surface area contributed by atoms with Gasteiger partial charge in [-0.25, -0.2) is 8.42 Å². The van der Waals surface area contributed by atoms with Crippen LogP contribution in [0.1, 0.15) is 18.9 Å². The van der Waals surface area contributed by atoms with Crippen molar-refractivity contribution in [1.29, 1.82) is 0 Å². The second-order valence-corrected chi connectivity index (χ2v) is 6.75. The Hall–Kier alpha value is -1.56. The number of hydrogen-bond donors (Lipinski definition) is 1. The summed E-state index contributed by atoms with van der Waals surface area (Å²) in [4.78, 5) is 0. The molecule has 6 heteroatoms. The van der Waals surface area contributed by atoms with E-state index in [1.165, 1.54) is 6.26 Å². The molecule has 0 aliphatic rings. The average molecular weight is 285 g/mol. The topological polar surface area (TPSA) is 76.0 Å². The first kappa shape index (κ1) is 15.5. The van der Waals surface area contributed by atoms with Gasteiger partial charge in [-0.05, 0) is 31.0 Å². The molecule has 0 aromatic heterocycles. The van der Waals surface area contributed by atoms with Crippen LogP contribution in [0.15, 0.2) is 29.4 Å². The molecule has 0 atom stereocenters. The molecule has 0 unspecified atom stereocenters. The van der Waals surface area contributed by atoms with Crippen molar-refractivity contribution in [2.24, 2.45) is 5.16 Å². The largest absolute Gasteiger partial charge is 0.494 e. The van der Waals surface area contributed by atoms with Crippen LogP contribution in [0.2, 0.25) is 0 Å². The van der Waals surface area contributed by atoms with Crippen molar-refractivity contribution in [3.8, 4) is 5.75 Å². The highest BCUT2D eigenvalue weighted by Gasteiger charge is 2.02. The molecular weight excluding hydrogens is 266 g/mol. The predicted molar refractivity (Wildman–Crippen MR) is 74.9 cm³/mol. The summed E-state index contributed by atoms with van der Waals surface area (Å²) in [7, 11) is -2.92. The van der Waals surface area contributed by atoms with Gasteiger partial charge in [0.15, 0.2) is 0 Å². The van der Waals surface area contributed by atoms with Crippen LogP contribution in [-0.4, -0.2) is 38.0 Å². The molecule has 1 aromatic carbocycles. The Morgan fingerprint density at radius 3 is 2.47 bits per heavy atom. The number of ether oxygens (including phenoxy) is 1. The van der Waals surface area contributed by atoms with Gasteiger partial charge >= 0.3 is 0 Å². The lowest BCUT2D eigenvalue weighted by Crippen LogP contribution is -2.08. The summed E-state index contributed by atoms with van der Waals surface area (Å²) >= 11 is 0. The van der Waals surface area contributed by atoms with E-state index in [9.17, 15) is 8.42 Å².